The predicted octanol–water partition coefficient (Wildman–Crippen LogP) is 7.19. The quantitative estimate of drug-likeness (QED) is 0.238. The van der Waals surface area contributed by atoms with Gasteiger partial charge in [0.2, 0.25) is 0 Å². The molecule has 1 heterocycles. The molecule has 0 saturated heterocycles. The Morgan fingerprint density at radius 2 is 1.93 bits per heavy atom. The molecule has 0 radical (unpaired) electrons. The highest BCUT2D eigenvalue weighted by Gasteiger charge is 2.07. The van der Waals surface area contributed by atoms with Crippen molar-refractivity contribution in [2.24, 2.45) is 0 Å². The summed E-state index contributed by atoms with van der Waals surface area (Å²) in [4.78, 5) is 5.17. The number of fused-ring (bicyclic) bond motifs is 1. The van der Waals surface area contributed by atoms with E-state index in [-0.39, 0.29) is 0 Å². The van der Waals surface area contributed by atoms with Gasteiger partial charge < -0.3 is 4.74 Å². The third-order valence-corrected chi connectivity index (χ3v) is 6.33. The number of hydrogen-bond donors (Lipinski definition) is 0. The van der Waals surface area contributed by atoms with Gasteiger partial charge in [0.1, 0.15) is 18.4 Å². The van der Waals surface area contributed by atoms with Gasteiger partial charge in [-0.25, -0.2) is 4.98 Å². The van der Waals surface area contributed by atoms with Crippen LogP contribution >= 0.6 is 34.7 Å². The smallest absolute Gasteiger partial charge is 0.156 e. The van der Waals surface area contributed by atoms with E-state index >= 15 is 0 Å². The van der Waals surface area contributed by atoms with Crippen molar-refractivity contribution in [2.75, 3.05) is 0 Å². The van der Waals surface area contributed by atoms with Gasteiger partial charge in [-0.3, -0.25) is 0 Å². The Labute approximate surface area is 182 Å². The van der Waals surface area contributed by atoms with E-state index in [0.29, 0.717) is 16.5 Å². The van der Waals surface area contributed by atoms with Gasteiger partial charge in [-0.1, -0.05) is 48.0 Å². The predicted molar refractivity (Wildman–Crippen MR) is 121 cm³/mol. The van der Waals surface area contributed by atoms with Gasteiger partial charge in [0.15, 0.2) is 4.34 Å². The number of para-hydroxylation sites is 1. The zero-order valence-electron chi connectivity index (χ0n) is 15.2. The summed E-state index contributed by atoms with van der Waals surface area (Å²) in [7, 11) is 0. The Morgan fingerprint density at radius 1 is 1.10 bits per heavy atom. The molecular weight excluding hydrogens is 420 g/mol. The average molecular weight is 435 g/mol. The number of nitrogens with zero attached hydrogens (tertiary/aromatic N) is 2. The molecule has 29 heavy (non-hydrogen) atoms. The molecule has 0 saturated carbocycles. The lowest BCUT2D eigenvalue weighted by Crippen LogP contribution is -1.95. The molecule has 4 rings (SSSR count). The van der Waals surface area contributed by atoms with E-state index in [2.05, 4.69) is 11.1 Å². The van der Waals surface area contributed by atoms with Crippen molar-refractivity contribution in [1.29, 1.82) is 5.26 Å². The molecule has 0 N–H and O–H groups in total. The van der Waals surface area contributed by atoms with E-state index in [4.69, 9.17) is 16.3 Å². The van der Waals surface area contributed by atoms with Crippen LogP contribution in [0.3, 0.4) is 0 Å². The van der Waals surface area contributed by atoms with E-state index in [1.807, 2.05) is 78.9 Å². The third kappa shape index (κ3) is 5.18. The molecule has 0 amide bonds. The minimum Gasteiger partial charge on any atom is -0.489 e. The minimum absolute atomic E-state index is 0.454. The Balaban J connectivity index is 1.47. The third-order valence-electron chi connectivity index (χ3n) is 4.06. The molecular formula is C23H15ClN2OS2. The molecule has 0 aliphatic carbocycles. The molecule has 3 aromatic carbocycles. The number of halogens is 1. The summed E-state index contributed by atoms with van der Waals surface area (Å²) in [6.45, 7) is 0.454. The summed E-state index contributed by atoms with van der Waals surface area (Å²) in [5.41, 5.74) is 2.90. The lowest BCUT2D eigenvalue weighted by molar-refractivity contribution is 0.306. The van der Waals surface area contributed by atoms with E-state index < -0.39 is 0 Å². The molecule has 0 spiro atoms. The lowest BCUT2D eigenvalue weighted by atomic mass is 10.2. The van der Waals surface area contributed by atoms with Crippen LogP contribution < -0.4 is 4.74 Å². The second-order valence-corrected chi connectivity index (χ2v) is 8.91. The van der Waals surface area contributed by atoms with Crippen molar-refractivity contribution in [3.63, 3.8) is 0 Å². The molecule has 1 aromatic heterocycles. The maximum atomic E-state index is 9.56. The molecule has 6 heteroatoms. The van der Waals surface area contributed by atoms with E-state index in [1.54, 1.807) is 11.3 Å². The van der Waals surface area contributed by atoms with Crippen molar-refractivity contribution in [3.8, 4) is 11.8 Å². The minimum atomic E-state index is 0.454. The van der Waals surface area contributed by atoms with Crippen molar-refractivity contribution in [3.05, 3.63) is 93.9 Å². The van der Waals surface area contributed by atoms with Crippen LogP contribution in [0.1, 0.15) is 11.1 Å². The average Bonchev–Trinajstić information content (AvgIpc) is 3.15. The Morgan fingerprint density at radius 3 is 2.72 bits per heavy atom. The van der Waals surface area contributed by atoms with Gasteiger partial charge in [0.05, 0.1) is 15.1 Å². The molecule has 0 fully saturated rings. The number of allylic oxidation sites excluding steroid dienone is 1. The van der Waals surface area contributed by atoms with Crippen molar-refractivity contribution in [1.82, 2.24) is 4.98 Å². The standard InChI is InChI=1S/C23H15ClN2OS2/c24-18-10-8-16(9-11-18)15-27-19-5-3-4-17(12-19)13-20(14-25)28-23-26-21-6-1-2-7-22(21)29-23/h1-13H,15H2/b20-13+. The van der Waals surface area contributed by atoms with E-state index in [1.165, 1.54) is 11.8 Å². The molecule has 0 bridgehead atoms. The number of thiazole rings is 1. The van der Waals surface area contributed by atoms with Crippen LogP contribution in [-0.4, -0.2) is 4.98 Å². The van der Waals surface area contributed by atoms with Crippen LogP contribution in [0, 0.1) is 11.3 Å². The summed E-state index contributed by atoms with van der Waals surface area (Å²) >= 11 is 8.88. The van der Waals surface area contributed by atoms with Crippen LogP contribution in [0.5, 0.6) is 5.75 Å². The summed E-state index contributed by atoms with van der Waals surface area (Å²) in [6, 6.07) is 25.5. The highest BCUT2D eigenvalue weighted by atomic mass is 35.5. The summed E-state index contributed by atoms with van der Waals surface area (Å²) in [5.74, 6) is 0.746. The molecule has 4 aromatic rings. The normalized spacial score (nSPS) is 11.4. The lowest BCUT2D eigenvalue weighted by Gasteiger charge is -2.07. The first-order valence-corrected chi connectivity index (χ1v) is 10.8. The van der Waals surface area contributed by atoms with Crippen LogP contribution in [0.4, 0.5) is 0 Å². The fourth-order valence-corrected chi connectivity index (χ4v) is 4.77. The first-order chi connectivity index (χ1) is 14.2. The van der Waals surface area contributed by atoms with E-state index in [9.17, 15) is 5.26 Å². The number of thioether (sulfide) groups is 1. The van der Waals surface area contributed by atoms with Gasteiger partial charge in [-0.05, 0) is 65.4 Å². The largest absolute Gasteiger partial charge is 0.489 e. The molecule has 0 aliphatic heterocycles. The molecule has 142 valence electrons. The molecule has 3 nitrogen and oxygen atoms in total. The summed E-state index contributed by atoms with van der Waals surface area (Å²) < 4.78 is 7.84. The fourth-order valence-electron chi connectivity index (χ4n) is 2.67. The summed E-state index contributed by atoms with van der Waals surface area (Å²) in [6.07, 6.45) is 1.85. The van der Waals surface area contributed by atoms with Gasteiger partial charge >= 0.3 is 0 Å². The Kier molecular flexibility index (Phi) is 6.16. The molecule has 0 atom stereocenters. The fraction of sp³-hybridized carbons (Fsp3) is 0.0435. The van der Waals surface area contributed by atoms with Crippen molar-refractivity contribution in [2.45, 2.75) is 10.9 Å². The second kappa shape index (κ2) is 9.15. The monoisotopic (exact) mass is 434 g/mol. The molecule has 0 unspecified atom stereocenters. The first kappa shape index (κ1) is 19.5. The van der Waals surface area contributed by atoms with Gasteiger partial charge in [0.25, 0.3) is 0 Å². The zero-order chi connectivity index (χ0) is 20.1. The van der Waals surface area contributed by atoms with Gasteiger partial charge in [0, 0.05) is 5.02 Å². The Bertz CT molecular complexity index is 1180. The number of benzene rings is 3. The highest BCUT2D eigenvalue weighted by Crippen LogP contribution is 2.34. The highest BCUT2D eigenvalue weighted by molar-refractivity contribution is 8.05. The number of aromatic nitrogens is 1. The van der Waals surface area contributed by atoms with Crippen LogP contribution in [-0.2, 0) is 6.61 Å². The van der Waals surface area contributed by atoms with Crippen molar-refractivity contribution < 1.29 is 4.74 Å². The maximum Gasteiger partial charge on any atom is 0.156 e. The van der Waals surface area contributed by atoms with Crippen LogP contribution in [0.2, 0.25) is 5.02 Å². The van der Waals surface area contributed by atoms with Gasteiger partial charge in [-0.15, -0.1) is 11.3 Å². The van der Waals surface area contributed by atoms with Gasteiger partial charge in [-0.2, -0.15) is 5.26 Å². The van der Waals surface area contributed by atoms with E-state index in [0.717, 1.165) is 31.4 Å². The topological polar surface area (TPSA) is 45.9 Å². The zero-order valence-corrected chi connectivity index (χ0v) is 17.6. The number of ether oxygens (including phenoxy) is 1. The maximum absolute atomic E-state index is 9.56. The molecule has 0 aliphatic rings. The second-order valence-electron chi connectivity index (χ2n) is 6.16. The van der Waals surface area contributed by atoms with Crippen LogP contribution in [0.25, 0.3) is 16.3 Å². The SMILES string of the molecule is N#C/C(=C\c1cccc(OCc2ccc(Cl)cc2)c1)Sc1nc2ccccc2s1. The number of rotatable bonds is 6. The van der Waals surface area contributed by atoms with Crippen molar-refractivity contribution >= 4 is 51.0 Å². The first-order valence-electron chi connectivity index (χ1n) is 8.82. The number of nitriles is 1. The Hall–Kier alpha value is -2.78. The van der Waals surface area contributed by atoms with Crippen LogP contribution in [0.15, 0.2) is 82.0 Å². The number of hydrogen-bond acceptors (Lipinski definition) is 5. The summed E-state index contributed by atoms with van der Waals surface area (Å²) in [5, 5.41) is 10.3.